The van der Waals surface area contributed by atoms with Gasteiger partial charge >= 0.3 is 0 Å². The molecule has 102 valence electrons. The van der Waals surface area contributed by atoms with Crippen molar-refractivity contribution in [3.63, 3.8) is 0 Å². The molecule has 1 rings (SSSR count). The third kappa shape index (κ3) is 3.41. The number of rotatable bonds is 4. The minimum Gasteiger partial charge on any atom is -0.360 e. The number of nitrogens with zero attached hydrogens (tertiary/aromatic N) is 3. The summed E-state index contributed by atoms with van der Waals surface area (Å²) in [6, 6.07) is 0.136. The van der Waals surface area contributed by atoms with Crippen molar-refractivity contribution in [1.29, 1.82) is 0 Å². The Bertz CT molecular complexity index is 410. The van der Waals surface area contributed by atoms with E-state index in [4.69, 9.17) is 0 Å². The predicted octanol–water partition coefficient (Wildman–Crippen LogP) is 2.48. The topological polar surface area (TPSA) is 58.1 Å². The molecule has 0 aliphatic rings. The van der Waals surface area contributed by atoms with E-state index in [1.807, 2.05) is 20.9 Å². The van der Waals surface area contributed by atoms with Crippen LogP contribution in [0.1, 0.15) is 44.4 Å². The van der Waals surface area contributed by atoms with Gasteiger partial charge in [-0.25, -0.2) is 0 Å². The van der Waals surface area contributed by atoms with Crippen molar-refractivity contribution in [2.24, 2.45) is 5.41 Å². The highest BCUT2D eigenvalue weighted by Crippen LogP contribution is 2.25. The van der Waals surface area contributed by atoms with Crippen LogP contribution in [-0.2, 0) is 0 Å². The average Bonchev–Trinajstić information content (AvgIpc) is 2.74. The molecule has 0 saturated carbocycles. The molecule has 1 atom stereocenters. The van der Waals surface area contributed by atoms with Crippen LogP contribution in [0.4, 0.5) is 5.13 Å². The molecule has 1 unspecified atom stereocenters. The van der Waals surface area contributed by atoms with E-state index < -0.39 is 0 Å². The first-order valence-corrected chi connectivity index (χ1v) is 6.93. The molecule has 0 aliphatic carbocycles. The smallest absolute Gasteiger partial charge is 0.284 e. The molecule has 0 bridgehead atoms. The van der Waals surface area contributed by atoms with Crippen LogP contribution in [0.2, 0.25) is 0 Å². The summed E-state index contributed by atoms with van der Waals surface area (Å²) < 4.78 is 0. The monoisotopic (exact) mass is 270 g/mol. The highest BCUT2D eigenvalue weighted by atomic mass is 32.1. The van der Waals surface area contributed by atoms with Crippen LogP contribution in [0.5, 0.6) is 0 Å². The van der Waals surface area contributed by atoms with Gasteiger partial charge in [-0.3, -0.25) is 4.79 Å². The lowest BCUT2D eigenvalue weighted by Gasteiger charge is -2.34. The third-order valence-corrected chi connectivity index (χ3v) is 3.96. The number of amides is 1. The van der Waals surface area contributed by atoms with Gasteiger partial charge in [0.25, 0.3) is 5.91 Å². The van der Waals surface area contributed by atoms with Gasteiger partial charge in [0.05, 0.1) is 0 Å². The molecule has 1 aromatic heterocycles. The molecule has 1 aromatic rings. The zero-order chi connectivity index (χ0) is 13.9. The van der Waals surface area contributed by atoms with Gasteiger partial charge in [0.2, 0.25) is 10.1 Å². The number of carbonyl (C=O) groups excluding carboxylic acids is 1. The summed E-state index contributed by atoms with van der Waals surface area (Å²) in [4.78, 5) is 14.0. The van der Waals surface area contributed by atoms with Crippen LogP contribution in [0.25, 0.3) is 0 Å². The van der Waals surface area contributed by atoms with Crippen molar-refractivity contribution < 1.29 is 4.79 Å². The summed E-state index contributed by atoms with van der Waals surface area (Å²) in [7, 11) is 1.81. The Morgan fingerprint density at radius 3 is 2.56 bits per heavy atom. The summed E-state index contributed by atoms with van der Waals surface area (Å²) in [5.74, 6) is -0.0703. The van der Waals surface area contributed by atoms with Crippen LogP contribution in [0.3, 0.4) is 0 Å². The lowest BCUT2D eigenvalue weighted by Crippen LogP contribution is -2.42. The maximum absolute atomic E-state index is 12.3. The van der Waals surface area contributed by atoms with Crippen LogP contribution >= 0.6 is 11.3 Å². The first-order valence-electron chi connectivity index (χ1n) is 6.12. The van der Waals surface area contributed by atoms with Gasteiger partial charge in [0, 0.05) is 19.6 Å². The zero-order valence-corrected chi connectivity index (χ0v) is 12.8. The van der Waals surface area contributed by atoms with E-state index >= 15 is 0 Å². The van der Waals surface area contributed by atoms with Crippen molar-refractivity contribution in [3.05, 3.63) is 5.01 Å². The molecule has 0 radical (unpaired) electrons. The fourth-order valence-corrected chi connectivity index (χ4v) is 2.23. The molecule has 18 heavy (non-hydrogen) atoms. The van der Waals surface area contributed by atoms with E-state index in [2.05, 4.69) is 36.3 Å². The summed E-state index contributed by atoms with van der Waals surface area (Å²) >= 11 is 1.30. The van der Waals surface area contributed by atoms with E-state index in [0.717, 1.165) is 6.54 Å². The molecule has 0 fully saturated rings. The van der Waals surface area contributed by atoms with E-state index in [9.17, 15) is 4.79 Å². The lowest BCUT2D eigenvalue weighted by atomic mass is 9.87. The van der Waals surface area contributed by atoms with Crippen molar-refractivity contribution in [3.8, 4) is 0 Å². The number of anilines is 1. The molecule has 1 heterocycles. The highest BCUT2D eigenvalue weighted by Gasteiger charge is 2.29. The van der Waals surface area contributed by atoms with Crippen molar-refractivity contribution in [2.45, 2.75) is 40.7 Å². The largest absolute Gasteiger partial charge is 0.360 e. The van der Waals surface area contributed by atoms with Crippen LogP contribution < -0.4 is 5.32 Å². The Labute approximate surface area is 113 Å². The Morgan fingerprint density at radius 1 is 1.44 bits per heavy atom. The SMILES string of the molecule is CCNc1nnc(C(=O)N(C)C(C)C(C)(C)C)s1. The Balaban J connectivity index is 2.80. The summed E-state index contributed by atoms with van der Waals surface area (Å²) in [5.41, 5.74) is 0.0413. The normalized spacial score (nSPS) is 13.2. The van der Waals surface area contributed by atoms with Crippen LogP contribution in [-0.4, -0.2) is 40.6 Å². The lowest BCUT2D eigenvalue weighted by molar-refractivity contribution is 0.0628. The van der Waals surface area contributed by atoms with E-state index in [0.29, 0.717) is 10.1 Å². The van der Waals surface area contributed by atoms with Crippen LogP contribution in [0, 0.1) is 5.41 Å². The van der Waals surface area contributed by atoms with Crippen molar-refractivity contribution in [2.75, 3.05) is 18.9 Å². The van der Waals surface area contributed by atoms with Gasteiger partial charge in [-0.15, -0.1) is 10.2 Å². The summed E-state index contributed by atoms with van der Waals surface area (Å²) in [5, 5.41) is 12.1. The summed E-state index contributed by atoms with van der Waals surface area (Å²) in [6.45, 7) is 11.2. The van der Waals surface area contributed by atoms with Gasteiger partial charge < -0.3 is 10.2 Å². The van der Waals surface area contributed by atoms with Gasteiger partial charge in [-0.2, -0.15) is 0 Å². The maximum Gasteiger partial charge on any atom is 0.284 e. The maximum atomic E-state index is 12.3. The standard InChI is InChI=1S/C12H22N4OS/c1-7-13-11-15-14-9(18-11)10(17)16(6)8(2)12(3,4)5/h8H,7H2,1-6H3,(H,13,15). The second-order valence-corrected chi connectivity index (χ2v) is 6.38. The zero-order valence-electron chi connectivity index (χ0n) is 11.9. The van der Waals surface area contributed by atoms with Gasteiger partial charge in [-0.05, 0) is 19.3 Å². The Hall–Kier alpha value is -1.17. The molecule has 0 aromatic carbocycles. The molecule has 0 aliphatic heterocycles. The first kappa shape index (κ1) is 14.9. The fraction of sp³-hybridized carbons (Fsp3) is 0.750. The molecule has 1 amide bonds. The first-order chi connectivity index (χ1) is 8.27. The molecule has 1 N–H and O–H groups in total. The fourth-order valence-electron chi connectivity index (χ4n) is 1.44. The highest BCUT2D eigenvalue weighted by molar-refractivity contribution is 7.17. The minimum atomic E-state index is -0.0703. The van der Waals surface area contributed by atoms with Crippen molar-refractivity contribution >= 4 is 22.4 Å². The van der Waals surface area contributed by atoms with E-state index in [-0.39, 0.29) is 17.4 Å². The average molecular weight is 270 g/mol. The quantitative estimate of drug-likeness (QED) is 0.913. The Morgan fingerprint density at radius 2 is 2.06 bits per heavy atom. The second-order valence-electron chi connectivity index (χ2n) is 5.40. The van der Waals surface area contributed by atoms with Gasteiger partial charge in [-0.1, -0.05) is 32.1 Å². The number of hydrogen-bond acceptors (Lipinski definition) is 5. The molecule has 0 saturated heterocycles. The summed E-state index contributed by atoms with van der Waals surface area (Å²) in [6.07, 6.45) is 0. The Kier molecular flexibility index (Phi) is 4.67. The number of nitrogens with one attached hydrogen (secondary N) is 1. The van der Waals surface area contributed by atoms with Gasteiger partial charge in [0.1, 0.15) is 0 Å². The van der Waals surface area contributed by atoms with E-state index in [1.54, 1.807) is 4.90 Å². The van der Waals surface area contributed by atoms with Crippen LogP contribution in [0.15, 0.2) is 0 Å². The number of aromatic nitrogens is 2. The minimum absolute atomic E-state index is 0.0413. The molecule has 6 heteroatoms. The van der Waals surface area contributed by atoms with E-state index in [1.165, 1.54) is 11.3 Å². The van der Waals surface area contributed by atoms with Gasteiger partial charge in [0.15, 0.2) is 0 Å². The second kappa shape index (κ2) is 5.65. The number of hydrogen-bond donors (Lipinski definition) is 1. The molecular weight excluding hydrogens is 248 g/mol. The molecule has 0 spiro atoms. The third-order valence-electron chi connectivity index (χ3n) is 3.09. The van der Waals surface area contributed by atoms with Crippen molar-refractivity contribution in [1.82, 2.24) is 15.1 Å². The molecular formula is C12H22N4OS. The predicted molar refractivity (Wildman–Crippen MR) is 75.1 cm³/mol. The number of carbonyl (C=O) groups is 1. The molecule has 5 nitrogen and oxygen atoms in total.